The summed E-state index contributed by atoms with van der Waals surface area (Å²) >= 11 is 0. The van der Waals surface area contributed by atoms with Gasteiger partial charge < -0.3 is 16.0 Å². The lowest BCUT2D eigenvalue weighted by molar-refractivity contribution is -0.129. The van der Waals surface area contributed by atoms with Gasteiger partial charge in [-0.05, 0) is 48.1 Å². The van der Waals surface area contributed by atoms with Gasteiger partial charge in [0.1, 0.15) is 6.04 Å². The topological polar surface area (TPSA) is 70.2 Å². The molecule has 2 aromatic rings. The van der Waals surface area contributed by atoms with E-state index < -0.39 is 6.04 Å². The van der Waals surface area contributed by atoms with Crippen molar-refractivity contribution < 1.29 is 9.59 Å². The zero-order valence-corrected chi connectivity index (χ0v) is 16.8. The monoisotopic (exact) mass is 379 g/mol. The first-order chi connectivity index (χ1) is 13.5. The number of hydrogen-bond donors (Lipinski definition) is 3. The lowest BCUT2D eigenvalue weighted by Gasteiger charge is -2.29. The summed E-state index contributed by atoms with van der Waals surface area (Å²) in [5, 5.41) is 9.23. The fraction of sp³-hybridized carbons (Fsp3) is 0.391. The molecule has 2 amide bonds. The SMILES string of the molecule is CC[C@@H](C)[C@H](NC(=O)[C@@H]1Cc2ccccc2CN1)C(=O)Nc1cccc(C)c1. The molecule has 0 unspecified atom stereocenters. The molecule has 5 nitrogen and oxygen atoms in total. The molecular formula is C23H29N3O2. The molecule has 0 radical (unpaired) electrons. The normalized spacial score (nSPS) is 17.9. The average molecular weight is 380 g/mol. The van der Waals surface area contributed by atoms with Crippen LogP contribution in [0.1, 0.15) is 37.0 Å². The van der Waals surface area contributed by atoms with Crippen molar-refractivity contribution in [1.82, 2.24) is 10.6 Å². The van der Waals surface area contributed by atoms with Crippen LogP contribution >= 0.6 is 0 Å². The Bertz CT molecular complexity index is 849. The lowest BCUT2D eigenvalue weighted by atomic mass is 9.94. The van der Waals surface area contributed by atoms with Crippen LogP contribution in [0, 0.1) is 12.8 Å². The number of carbonyl (C=O) groups excluding carboxylic acids is 2. The van der Waals surface area contributed by atoms with E-state index in [-0.39, 0.29) is 23.8 Å². The maximum absolute atomic E-state index is 12.9. The third-order valence-electron chi connectivity index (χ3n) is 5.48. The Kier molecular flexibility index (Phi) is 6.47. The van der Waals surface area contributed by atoms with Crippen molar-refractivity contribution in [3.8, 4) is 0 Å². The van der Waals surface area contributed by atoms with Crippen LogP contribution in [0.4, 0.5) is 5.69 Å². The standard InChI is InChI=1S/C23H29N3O2/c1-4-16(3)21(23(28)25-19-11-7-8-15(2)12-19)26-22(27)20-13-17-9-5-6-10-18(17)14-24-20/h5-12,16,20-21,24H,4,13-14H2,1-3H3,(H,25,28)(H,26,27)/t16-,20+,21+/m1/s1. The first-order valence-corrected chi connectivity index (χ1v) is 9.96. The van der Waals surface area contributed by atoms with Gasteiger partial charge in [-0.3, -0.25) is 9.59 Å². The van der Waals surface area contributed by atoms with Crippen molar-refractivity contribution in [3.63, 3.8) is 0 Å². The molecule has 0 aliphatic carbocycles. The second kappa shape index (κ2) is 9.02. The van der Waals surface area contributed by atoms with Gasteiger partial charge in [0.2, 0.25) is 11.8 Å². The highest BCUT2D eigenvalue weighted by molar-refractivity contribution is 5.98. The molecule has 5 heteroatoms. The summed E-state index contributed by atoms with van der Waals surface area (Å²) in [4.78, 5) is 25.8. The van der Waals surface area contributed by atoms with Crippen LogP contribution in [-0.4, -0.2) is 23.9 Å². The molecule has 2 aromatic carbocycles. The average Bonchev–Trinajstić information content (AvgIpc) is 2.70. The highest BCUT2D eigenvalue weighted by atomic mass is 16.2. The predicted molar refractivity (Wildman–Crippen MR) is 112 cm³/mol. The molecule has 3 N–H and O–H groups in total. The van der Waals surface area contributed by atoms with E-state index in [1.165, 1.54) is 11.1 Å². The molecule has 0 saturated carbocycles. The number of amides is 2. The Morgan fingerprint density at radius 2 is 1.89 bits per heavy atom. The van der Waals surface area contributed by atoms with Gasteiger partial charge in [-0.2, -0.15) is 0 Å². The smallest absolute Gasteiger partial charge is 0.247 e. The van der Waals surface area contributed by atoms with Gasteiger partial charge in [0.15, 0.2) is 0 Å². The maximum Gasteiger partial charge on any atom is 0.247 e. The van der Waals surface area contributed by atoms with Crippen molar-refractivity contribution in [3.05, 3.63) is 65.2 Å². The summed E-state index contributed by atoms with van der Waals surface area (Å²) in [6.45, 7) is 6.66. The molecule has 1 heterocycles. The van der Waals surface area contributed by atoms with Crippen LogP contribution in [-0.2, 0) is 22.6 Å². The van der Waals surface area contributed by atoms with E-state index in [0.29, 0.717) is 13.0 Å². The highest BCUT2D eigenvalue weighted by Gasteiger charge is 2.30. The number of rotatable bonds is 6. The minimum absolute atomic E-state index is 0.0321. The summed E-state index contributed by atoms with van der Waals surface area (Å²) in [5.41, 5.74) is 4.23. The van der Waals surface area contributed by atoms with E-state index in [1.54, 1.807) is 0 Å². The quantitative estimate of drug-likeness (QED) is 0.722. The molecule has 28 heavy (non-hydrogen) atoms. The van der Waals surface area contributed by atoms with E-state index in [2.05, 4.69) is 28.1 Å². The Labute approximate surface area is 166 Å². The number of anilines is 1. The minimum atomic E-state index is -0.572. The molecular weight excluding hydrogens is 350 g/mol. The molecule has 3 rings (SSSR count). The van der Waals surface area contributed by atoms with E-state index in [4.69, 9.17) is 0 Å². The van der Waals surface area contributed by atoms with E-state index in [1.807, 2.05) is 57.2 Å². The number of aryl methyl sites for hydroxylation is 1. The van der Waals surface area contributed by atoms with Gasteiger partial charge in [0.05, 0.1) is 6.04 Å². The molecule has 1 aliphatic heterocycles. The molecule has 0 fully saturated rings. The van der Waals surface area contributed by atoms with Crippen molar-refractivity contribution in [1.29, 1.82) is 0 Å². The van der Waals surface area contributed by atoms with Gasteiger partial charge in [0.25, 0.3) is 0 Å². The zero-order chi connectivity index (χ0) is 20.1. The van der Waals surface area contributed by atoms with Crippen LogP contribution in [0.25, 0.3) is 0 Å². The molecule has 0 bridgehead atoms. The number of fused-ring (bicyclic) bond motifs is 1. The number of benzene rings is 2. The summed E-state index contributed by atoms with van der Waals surface area (Å²) < 4.78 is 0. The van der Waals surface area contributed by atoms with Crippen LogP contribution in [0.15, 0.2) is 48.5 Å². The van der Waals surface area contributed by atoms with Gasteiger partial charge in [-0.15, -0.1) is 0 Å². The number of carbonyl (C=O) groups is 2. The molecule has 148 valence electrons. The summed E-state index contributed by atoms with van der Waals surface area (Å²) in [5.74, 6) is -0.270. The second-order valence-corrected chi connectivity index (χ2v) is 7.64. The lowest BCUT2D eigenvalue weighted by Crippen LogP contribution is -2.55. The third kappa shape index (κ3) is 4.78. The van der Waals surface area contributed by atoms with Crippen LogP contribution in [0.5, 0.6) is 0 Å². The summed E-state index contributed by atoms with van der Waals surface area (Å²) in [7, 11) is 0. The molecule has 1 aliphatic rings. The van der Waals surface area contributed by atoms with Crippen molar-refractivity contribution in [2.24, 2.45) is 5.92 Å². The molecule has 0 spiro atoms. The first-order valence-electron chi connectivity index (χ1n) is 9.96. The van der Waals surface area contributed by atoms with Gasteiger partial charge in [-0.25, -0.2) is 0 Å². The fourth-order valence-corrected chi connectivity index (χ4v) is 3.54. The van der Waals surface area contributed by atoms with Crippen LogP contribution in [0.3, 0.4) is 0 Å². The summed E-state index contributed by atoms with van der Waals surface area (Å²) in [6.07, 6.45) is 1.43. The molecule has 0 aromatic heterocycles. The first kappa shape index (κ1) is 20.1. The van der Waals surface area contributed by atoms with Crippen molar-refractivity contribution in [2.45, 2.75) is 52.2 Å². The van der Waals surface area contributed by atoms with Gasteiger partial charge >= 0.3 is 0 Å². The van der Waals surface area contributed by atoms with E-state index in [9.17, 15) is 9.59 Å². The maximum atomic E-state index is 12.9. The third-order valence-corrected chi connectivity index (χ3v) is 5.48. The fourth-order valence-electron chi connectivity index (χ4n) is 3.54. The van der Waals surface area contributed by atoms with Crippen molar-refractivity contribution >= 4 is 17.5 Å². The molecule has 0 saturated heterocycles. The van der Waals surface area contributed by atoms with E-state index in [0.717, 1.165) is 17.7 Å². The zero-order valence-electron chi connectivity index (χ0n) is 16.8. The Morgan fingerprint density at radius 3 is 2.61 bits per heavy atom. The number of hydrogen-bond acceptors (Lipinski definition) is 3. The van der Waals surface area contributed by atoms with Crippen LogP contribution < -0.4 is 16.0 Å². The Morgan fingerprint density at radius 1 is 1.14 bits per heavy atom. The number of nitrogens with one attached hydrogen (secondary N) is 3. The Hall–Kier alpha value is -2.66. The largest absolute Gasteiger partial charge is 0.343 e. The molecule has 3 atom stereocenters. The minimum Gasteiger partial charge on any atom is -0.343 e. The Balaban J connectivity index is 1.68. The van der Waals surface area contributed by atoms with Crippen LogP contribution in [0.2, 0.25) is 0 Å². The van der Waals surface area contributed by atoms with E-state index >= 15 is 0 Å². The van der Waals surface area contributed by atoms with Gasteiger partial charge in [0, 0.05) is 12.2 Å². The highest BCUT2D eigenvalue weighted by Crippen LogP contribution is 2.18. The summed E-state index contributed by atoms with van der Waals surface area (Å²) in [6, 6.07) is 14.9. The van der Waals surface area contributed by atoms with Crippen molar-refractivity contribution in [2.75, 3.05) is 5.32 Å². The predicted octanol–water partition coefficient (Wildman–Crippen LogP) is 3.18. The van der Waals surface area contributed by atoms with Gasteiger partial charge in [-0.1, -0.05) is 56.7 Å². The second-order valence-electron chi connectivity index (χ2n) is 7.64.